The summed E-state index contributed by atoms with van der Waals surface area (Å²) in [6.07, 6.45) is 0. The van der Waals surface area contributed by atoms with E-state index in [2.05, 4.69) is 243 Å². The molecule has 0 spiro atoms. The molecule has 16 aromatic rings. The Morgan fingerprint density at radius 3 is 1.07 bits per heavy atom. The van der Waals surface area contributed by atoms with Gasteiger partial charge in [-0.15, -0.1) is 0 Å². The lowest BCUT2D eigenvalue weighted by Gasteiger charge is -2.20. The zero-order valence-electron chi connectivity index (χ0n) is 40.1. The van der Waals surface area contributed by atoms with Crippen LogP contribution in [-0.2, 0) is 0 Å². The number of furan rings is 2. The lowest BCUT2D eigenvalue weighted by Crippen LogP contribution is -1.92. The van der Waals surface area contributed by atoms with Crippen LogP contribution in [0.25, 0.3) is 164 Å². The van der Waals surface area contributed by atoms with Crippen LogP contribution in [0.4, 0.5) is 0 Å². The highest BCUT2D eigenvalue weighted by molar-refractivity contribution is 6.28. The summed E-state index contributed by atoms with van der Waals surface area (Å²) in [7, 11) is 0. The molecule has 0 amide bonds. The molecule has 14 aromatic carbocycles. The fourth-order valence-corrected chi connectivity index (χ4v) is 12.6. The third-order valence-electron chi connectivity index (χ3n) is 15.8. The topological polar surface area (TPSA) is 26.3 Å². The monoisotopic (exact) mass is 938 g/mol. The second-order valence-corrected chi connectivity index (χ2v) is 19.8. The molecule has 74 heavy (non-hydrogen) atoms. The Hall–Kier alpha value is -9.76. The zero-order valence-corrected chi connectivity index (χ0v) is 40.1. The summed E-state index contributed by atoms with van der Waals surface area (Å²) in [5.74, 6) is 0. The van der Waals surface area contributed by atoms with Crippen LogP contribution >= 0.6 is 0 Å². The molecule has 342 valence electrons. The maximum Gasteiger partial charge on any atom is 0.136 e. The summed E-state index contributed by atoms with van der Waals surface area (Å²) in [6, 6.07) is 93.4. The maximum absolute atomic E-state index is 6.45. The molecule has 0 fully saturated rings. The molecule has 0 aliphatic heterocycles. The van der Waals surface area contributed by atoms with Gasteiger partial charge in [0.05, 0.1) is 0 Å². The lowest BCUT2D eigenvalue weighted by atomic mass is 9.83. The van der Waals surface area contributed by atoms with Gasteiger partial charge >= 0.3 is 0 Å². The van der Waals surface area contributed by atoms with E-state index in [0.29, 0.717) is 0 Å². The van der Waals surface area contributed by atoms with Crippen LogP contribution in [0.15, 0.2) is 264 Å². The van der Waals surface area contributed by atoms with Gasteiger partial charge in [-0.3, -0.25) is 0 Å². The molecule has 2 heterocycles. The number of fused-ring (bicyclic) bond motifs is 12. The van der Waals surface area contributed by atoms with Gasteiger partial charge < -0.3 is 8.83 Å². The van der Waals surface area contributed by atoms with Gasteiger partial charge in [0.2, 0.25) is 0 Å². The number of rotatable bonds is 5. The Morgan fingerprint density at radius 1 is 0.189 bits per heavy atom. The first-order valence-electron chi connectivity index (χ1n) is 25.5. The van der Waals surface area contributed by atoms with E-state index < -0.39 is 0 Å². The number of hydrogen-bond acceptors (Lipinski definition) is 2. The summed E-state index contributed by atoms with van der Waals surface area (Å²) < 4.78 is 12.7. The van der Waals surface area contributed by atoms with Crippen molar-refractivity contribution in [3.05, 3.63) is 255 Å². The third-order valence-corrected chi connectivity index (χ3v) is 15.8. The normalized spacial score (nSPS) is 12.1. The minimum absolute atomic E-state index is 0.900. The number of para-hydroxylation sites is 2. The van der Waals surface area contributed by atoms with E-state index in [1.807, 2.05) is 12.1 Å². The summed E-state index contributed by atoms with van der Waals surface area (Å²) >= 11 is 0. The van der Waals surface area contributed by atoms with Crippen molar-refractivity contribution in [2.75, 3.05) is 0 Å². The molecule has 16 rings (SSSR count). The van der Waals surface area contributed by atoms with Crippen LogP contribution in [0.2, 0.25) is 0 Å². The lowest BCUT2D eigenvalue weighted by molar-refractivity contribution is 0.668. The zero-order chi connectivity index (χ0) is 48.4. The van der Waals surface area contributed by atoms with Crippen molar-refractivity contribution < 1.29 is 8.83 Å². The molecule has 0 radical (unpaired) electrons. The Morgan fingerprint density at radius 2 is 0.541 bits per heavy atom. The number of hydrogen-bond donors (Lipinski definition) is 0. The van der Waals surface area contributed by atoms with Crippen molar-refractivity contribution in [1.82, 2.24) is 0 Å². The van der Waals surface area contributed by atoms with Crippen molar-refractivity contribution in [1.29, 1.82) is 0 Å². The Labute approximate surface area is 425 Å². The fourth-order valence-electron chi connectivity index (χ4n) is 12.6. The van der Waals surface area contributed by atoms with Gasteiger partial charge in [-0.1, -0.05) is 212 Å². The quantitative estimate of drug-likeness (QED) is 0.161. The Balaban J connectivity index is 0.886. The van der Waals surface area contributed by atoms with Gasteiger partial charge in [-0.2, -0.15) is 0 Å². The Kier molecular flexibility index (Phi) is 8.78. The van der Waals surface area contributed by atoms with Crippen LogP contribution < -0.4 is 0 Å². The van der Waals surface area contributed by atoms with Crippen LogP contribution in [0, 0.1) is 0 Å². The molecule has 0 bridgehead atoms. The van der Waals surface area contributed by atoms with E-state index in [0.717, 1.165) is 43.9 Å². The van der Waals surface area contributed by atoms with Crippen molar-refractivity contribution in [2.45, 2.75) is 0 Å². The summed E-state index contributed by atoms with van der Waals surface area (Å²) in [4.78, 5) is 0. The first-order chi connectivity index (χ1) is 36.7. The average molecular weight is 939 g/mol. The molecule has 0 N–H and O–H groups in total. The van der Waals surface area contributed by atoms with Gasteiger partial charge in [0, 0.05) is 21.5 Å². The van der Waals surface area contributed by atoms with E-state index in [1.165, 1.54) is 120 Å². The minimum atomic E-state index is 0.900. The first kappa shape index (κ1) is 40.9. The van der Waals surface area contributed by atoms with Gasteiger partial charge in [-0.05, 0) is 163 Å². The molecule has 0 atom stereocenters. The molecule has 0 saturated carbocycles. The minimum Gasteiger partial charge on any atom is -0.456 e. The van der Waals surface area contributed by atoms with Crippen LogP contribution in [0.5, 0.6) is 0 Å². The molecule has 0 aliphatic rings. The second kappa shape index (κ2) is 15.9. The van der Waals surface area contributed by atoms with E-state index in [4.69, 9.17) is 8.83 Å². The van der Waals surface area contributed by atoms with Gasteiger partial charge in [0.1, 0.15) is 22.3 Å². The van der Waals surface area contributed by atoms with E-state index in [1.54, 1.807) is 0 Å². The molecule has 0 aliphatic carbocycles. The highest BCUT2D eigenvalue weighted by Crippen LogP contribution is 2.50. The SMILES string of the molecule is c1cc(-c2c3ccccc3c(-c3ccc4oc5ccccc5c4c3)c3ccccc23)c2cc(-c3ccc4cccc(-c5c6ccccc6c(-c6cccc7oc8ccccc8c67)c6ccccc56)c4c3)ccc2c1. The van der Waals surface area contributed by atoms with E-state index in [-0.39, 0.29) is 0 Å². The molecular formula is C72H42O2. The maximum atomic E-state index is 6.45. The first-order valence-corrected chi connectivity index (χ1v) is 25.5. The summed E-state index contributed by atoms with van der Waals surface area (Å²) in [6.45, 7) is 0. The van der Waals surface area contributed by atoms with Gasteiger partial charge in [0.25, 0.3) is 0 Å². The molecule has 0 unspecified atom stereocenters. The van der Waals surface area contributed by atoms with Crippen LogP contribution in [0.3, 0.4) is 0 Å². The Bertz CT molecular complexity index is 4910. The molecule has 2 nitrogen and oxygen atoms in total. The van der Waals surface area contributed by atoms with E-state index in [9.17, 15) is 0 Å². The second-order valence-electron chi connectivity index (χ2n) is 19.8. The van der Waals surface area contributed by atoms with Crippen LogP contribution in [-0.4, -0.2) is 0 Å². The predicted molar refractivity (Wildman–Crippen MR) is 313 cm³/mol. The van der Waals surface area contributed by atoms with Gasteiger partial charge in [0.15, 0.2) is 0 Å². The third kappa shape index (κ3) is 6.00. The van der Waals surface area contributed by atoms with Crippen molar-refractivity contribution >= 4 is 109 Å². The summed E-state index contributed by atoms with van der Waals surface area (Å²) in [5, 5.41) is 19.2. The number of benzene rings is 14. The predicted octanol–water partition coefficient (Wildman–Crippen LogP) is 20.7. The van der Waals surface area contributed by atoms with Gasteiger partial charge in [-0.25, -0.2) is 0 Å². The smallest absolute Gasteiger partial charge is 0.136 e. The van der Waals surface area contributed by atoms with Crippen molar-refractivity contribution in [2.24, 2.45) is 0 Å². The standard InChI is InChI=1S/C72H42O2/c1-3-21-51-49(19-1)68(47-38-39-66-63(42-47)48-18-9-11-31-64(48)73-66)50-20-2-4-22-52(50)69(51)57-28-13-16-43-34-36-45(40-61(43)57)46-37-35-44-17-14-29-58(62(44)41-46)70-53-23-5-7-25-55(53)71(56-26-8-6-24-54(56)70)60-30-15-33-67-72(60)59-27-10-12-32-65(59)74-67/h1-42H. The highest BCUT2D eigenvalue weighted by Gasteiger charge is 2.23. The molecule has 0 saturated heterocycles. The molecule has 2 heteroatoms. The fraction of sp³-hybridized carbons (Fsp3) is 0. The largest absolute Gasteiger partial charge is 0.456 e. The average Bonchev–Trinajstić information content (AvgIpc) is 4.08. The van der Waals surface area contributed by atoms with Crippen molar-refractivity contribution in [3.8, 4) is 55.6 Å². The van der Waals surface area contributed by atoms with E-state index >= 15 is 0 Å². The van der Waals surface area contributed by atoms with Crippen molar-refractivity contribution in [3.63, 3.8) is 0 Å². The van der Waals surface area contributed by atoms with Crippen LogP contribution in [0.1, 0.15) is 0 Å². The molecule has 2 aromatic heterocycles. The summed E-state index contributed by atoms with van der Waals surface area (Å²) in [5.41, 5.74) is 15.7. The highest BCUT2D eigenvalue weighted by atomic mass is 16.3. The molecular weight excluding hydrogens is 897 g/mol.